The first kappa shape index (κ1) is 31.6. The quantitative estimate of drug-likeness (QED) is 0.469. The molecule has 0 aliphatic carbocycles. The molecule has 0 radical (unpaired) electrons. The third-order valence-electron chi connectivity index (χ3n) is 0. The molecular formula is H4Fe2OSr. The summed E-state index contributed by atoms with van der Waals surface area (Å²) < 4.78 is 0. The van der Waals surface area contributed by atoms with Crippen LogP contribution in [0.1, 0.15) is 2.85 Å². The maximum atomic E-state index is 0. The van der Waals surface area contributed by atoms with Gasteiger partial charge in [0.2, 0.25) is 0 Å². The van der Waals surface area contributed by atoms with Crippen LogP contribution in [0.2, 0.25) is 0 Å². The van der Waals surface area contributed by atoms with Crippen LogP contribution in [0.25, 0.3) is 0 Å². The van der Waals surface area contributed by atoms with E-state index in [1.165, 1.54) is 0 Å². The van der Waals surface area contributed by atoms with Crippen LogP contribution in [0.3, 0.4) is 0 Å². The fraction of sp³-hybridized carbons (Fsp3) is 0. The summed E-state index contributed by atoms with van der Waals surface area (Å²) >= 11 is 0. The van der Waals surface area contributed by atoms with Crippen LogP contribution in [-0.4, -0.2) is 51.0 Å². The Labute approximate surface area is 86.4 Å². The first-order chi connectivity index (χ1) is 0. The minimum absolute atomic E-state index is 0. The van der Waals surface area contributed by atoms with Gasteiger partial charge in [-0.1, -0.05) is 0 Å². The Kier molecular flexibility index (Phi) is 141. The van der Waals surface area contributed by atoms with Gasteiger partial charge in [0.25, 0.3) is 0 Å². The van der Waals surface area contributed by atoms with Gasteiger partial charge in [0.05, 0.1) is 0 Å². The van der Waals surface area contributed by atoms with E-state index in [4.69, 9.17) is 0 Å². The second kappa shape index (κ2) is 17.9. The molecule has 28 valence electrons. The van der Waals surface area contributed by atoms with Crippen LogP contribution in [0.15, 0.2) is 0 Å². The van der Waals surface area contributed by atoms with E-state index in [0.717, 1.165) is 0 Å². The molecule has 0 amide bonds. The van der Waals surface area contributed by atoms with Crippen molar-refractivity contribution in [1.29, 1.82) is 0 Å². The minimum Gasteiger partial charge on any atom is -1.00 e. The topological polar surface area (TPSA) is 31.5 Å². The molecule has 0 saturated heterocycles. The number of hydrogen-bond acceptors (Lipinski definition) is 0. The van der Waals surface area contributed by atoms with Crippen molar-refractivity contribution in [2.45, 2.75) is 0 Å². The second-order valence-electron chi connectivity index (χ2n) is 0. The first-order valence-corrected chi connectivity index (χ1v) is 0. The standard InChI is InChI=1S/2Fe.H2O.Sr.2H/h;;1H2;;;/q;;;+2;2*-1. The third kappa shape index (κ3) is 8.82. The van der Waals surface area contributed by atoms with Gasteiger partial charge in [-0.3, -0.25) is 0 Å². The van der Waals surface area contributed by atoms with E-state index in [0.29, 0.717) is 0 Å². The second-order valence-corrected chi connectivity index (χ2v) is 0. The van der Waals surface area contributed by atoms with Gasteiger partial charge in [-0.25, -0.2) is 0 Å². The van der Waals surface area contributed by atoms with E-state index < -0.39 is 0 Å². The molecule has 0 unspecified atom stereocenters. The van der Waals surface area contributed by atoms with Crippen LogP contribution >= 0.6 is 0 Å². The third-order valence-corrected chi connectivity index (χ3v) is 0. The smallest absolute Gasteiger partial charge is 1.00 e. The van der Waals surface area contributed by atoms with Crippen LogP contribution < -0.4 is 0 Å². The van der Waals surface area contributed by atoms with Crippen molar-refractivity contribution in [1.82, 2.24) is 0 Å². The van der Waals surface area contributed by atoms with Crippen molar-refractivity contribution < 1.29 is 42.5 Å². The molecule has 0 fully saturated rings. The van der Waals surface area contributed by atoms with E-state index in [1.807, 2.05) is 0 Å². The number of hydrogen-bond donors (Lipinski definition) is 0. The fourth-order valence-corrected chi connectivity index (χ4v) is 0. The molecule has 0 saturated carbocycles. The summed E-state index contributed by atoms with van der Waals surface area (Å²) in [5.74, 6) is 0. The Hall–Kier alpha value is 2.48. The average molecular weight is 219 g/mol. The summed E-state index contributed by atoms with van der Waals surface area (Å²) in [4.78, 5) is 0. The zero-order valence-electron chi connectivity index (χ0n) is 3.91. The molecule has 0 aromatic carbocycles. The van der Waals surface area contributed by atoms with Crippen LogP contribution in [-0.2, 0) is 34.1 Å². The van der Waals surface area contributed by atoms with E-state index in [2.05, 4.69) is 0 Å². The molecular weight excluding hydrogens is 215 g/mol. The fourth-order valence-electron chi connectivity index (χ4n) is 0. The molecule has 0 aromatic heterocycles. The van der Waals surface area contributed by atoms with Crippen molar-refractivity contribution in [2.24, 2.45) is 0 Å². The van der Waals surface area contributed by atoms with Crippen molar-refractivity contribution in [3.8, 4) is 0 Å². The normalized spacial score (nSPS) is 0. The van der Waals surface area contributed by atoms with Gasteiger partial charge in [0, 0.05) is 34.1 Å². The van der Waals surface area contributed by atoms with Crippen molar-refractivity contribution >= 4 is 45.5 Å². The molecule has 1 nitrogen and oxygen atoms in total. The van der Waals surface area contributed by atoms with Crippen molar-refractivity contribution in [3.63, 3.8) is 0 Å². The monoisotopic (exact) mass is 220 g/mol. The molecule has 4 heavy (non-hydrogen) atoms. The summed E-state index contributed by atoms with van der Waals surface area (Å²) in [5, 5.41) is 0. The van der Waals surface area contributed by atoms with E-state index in [1.54, 1.807) is 0 Å². The largest absolute Gasteiger partial charge is 2.00 e. The molecule has 0 aliphatic rings. The molecule has 0 rings (SSSR count). The zero-order valence-corrected chi connectivity index (χ0v) is 7.60. The van der Waals surface area contributed by atoms with Gasteiger partial charge in [0.1, 0.15) is 0 Å². The molecule has 4 heteroatoms. The molecule has 0 bridgehead atoms. The van der Waals surface area contributed by atoms with Gasteiger partial charge in [-0.2, -0.15) is 0 Å². The minimum atomic E-state index is 0. The Morgan fingerprint density at radius 1 is 1.00 bits per heavy atom. The Balaban J connectivity index is 0. The Morgan fingerprint density at radius 3 is 1.00 bits per heavy atom. The van der Waals surface area contributed by atoms with Gasteiger partial charge in [0.15, 0.2) is 0 Å². The Morgan fingerprint density at radius 2 is 1.00 bits per heavy atom. The van der Waals surface area contributed by atoms with E-state index in [-0.39, 0.29) is 87.9 Å². The van der Waals surface area contributed by atoms with Crippen LogP contribution in [0.5, 0.6) is 0 Å². The van der Waals surface area contributed by atoms with Crippen molar-refractivity contribution in [2.75, 3.05) is 0 Å². The Bertz CT molecular complexity index is 11.5. The van der Waals surface area contributed by atoms with Crippen LogP contribution in [0, 0.1) is 0 Å². The predicted molar refractivity (Wildman–Crippen MR) is 11.6 cm³/mol. The van der Waals surface area contributed by atoms with Crippen molar-refractivity contribution in [3.05, 3.63) is 0 Å². The average Bonchev–Trinajstić information content (AvgIpc) is 0. The summed E-state index contributed by atoms with van der Waals surface area (Å²) in [7, 11) is 0. The molecule has 0 aliphatic heterocycles. The number of rotatable bonds is 0. The SMILES string of the molecule is O.[Fe].[Fe].[H-].[H-].[Sr+2]. The molecule has 0 atom stereocenters. The van der Waals surface area contributed by atoms with E-state index in [9.17, 15) is 0 Å². The summed E-state index contributed by atoms with van der Waals surface area (Å²) in [5.41, 5.74) is 0. The van der Waals surface area contributed by atoms with Gasteiger partial charge < -0.3 is 8.33 Å². The molecule has 0 heterocycles. The zero-order chi connectivity index (χ0) is 0. The van der Waals surface area contributed by atoms with Gasteiger partial charge in [-0.15, -0.1) is 0 Å². The van der Waals surface area contributed by atoms with Gasteiger partial charge >= 0.3 is 45.5 Å². The summed E-state index contributed by atoms with van der Waals surface area (Å²) in [6.07, 6.45) is 0. The van der Waals surface area contributed by atoms with E-state index >= 15 is 0 Å². The molecule has 2 N–H and O–H groups in total. The van der Waals surface area contributed by atoms with Crippen LogP contribution in [0.4, 0.5) is 0 Å². The summed E-state index contributed by atoms with van der Waals surface area (Å²) in [6.45, 7) is 0. The summed E-state index contributed by atoms with van der Waals surface area (Å²) in [6, 6.07) is 0. The molecule has 0 spiro atoms. The van der Waals surface area contributed by atoms with Gasteiger partial charge in [-0.05, 0) is 0 Å². The maximum absolute atomic E-state index is 0. The first-order valence-electron chi connectivity index (χ1n) is 0. The maximum Gasteiger partial charge on any atom is 2.00 e. The predicted octanol–water partition coefficient (Wildman–Crippen LogP) is -0.986. The molecule has 0 aromatic rings.